The average Bonchev–Trinajstić information content (AvgIpc) is 2.98. The molecule has 0 unspecified atom stereocenters. The quantitative estimate of drug-likeness (QED) is 0.726. The third-order valence-corrected chi connectivity index (χ3v) is 4.88. The fourth-order valence-corrected chi connectivity index (χ4v) is 3.66. The summed E-state index contributed by atoms with van der Waals surface area (Å²) in [6, 6.07) is 0. The van der Waals surface area contributed by atoms with Crippen LogP contribution in [0.15, 0.2) is 10.7 Å². The van der Waals surface area contributed by atoms with Crippen molar-refractivity contribution in [3.05, 3.63) is 32.4 Å². The predicted molar refractivity (Wildman–Crippen MR) is 92.4 cm³/mol. The van der Waals surface area contributed by atoms with Gasteiger partial charge in [0, 0.05) is 13.2 Å². The number of rotatable bonds is 5. The second-order valence-electron chi connectivity index (χ2n) is 4.80. The number of primary amides is 1. The third kappa shape index (κ3) is 3.49. The van der Waals surface area contributed by atoms with Crippen molar-refractivity contribution in [1.82, 2.24) is 9.78 Å². The van der Waals surface area contributed by atoms with Gasteiger partial charge in [-0.25, -0.2) is 4.79 Å². The maximum absolute atomic E-state index is 12.4. The number of nitrogens with one attached hydrogen (secondary N) is 1. The highest BCUT2D eigenvalue weighted by Gasteiger charge is 2.26. The number of nitrogens with zero attached hydrogens (tertiary/aromatic N) is 2. The van der Waals surface area contributed by atoms with E-state index in [-0.39, 0.29) is 27.7 Å². The lowest BCUT2D eigenvalue weighted by Crippen LogP contribution is -2.16. The van der Waals surface area contributed by atoms with E-state index in [2.05, 4.69) is 26.3 Å². The highest BCUT2D eigenvalue weighted by Crippen LogP contribution is 2.34. The fraction of sp³-hybridized carbons (Fsp3) is 0.286. The lowest BCUT2D eigenvalue weighted by atomic mass is 10.1. The number of anilines is 1. The normalized spacial score (nSPS) is 10.5. The highest BCUT2D eigenvalue weighted by atomic mass is 79.9. The van der Waals surface area contributed by atoms with Crippen LogP contribution in [0.3, 0.4) is 0 Å². The summed E-state index contributed by atoms with van der Waals surface area (Å²) in [5, 5.41) is 6.83. The van der Waals surface area contributed by atoms with E-state index in [0.29, 0.717) is 10.0 Å². The molecule has 2 aromatic rings. The molecule has 0 atom stereocenters. The van der Waals surface area contributed by atoms with Crippen LogP contribution in [0.1, 0.15) is 43.0 Å². The van der Waals surface area contributed by atoms with E-state index in [4.69, 9.17) is 10.5 Å². The van der Waals surface area contributed by atoms with Gasteiger partial charge in [0.25, 0.3) is 11.8 Å². The zero-order valence-electron chi connectivity index (χ0n) is 13.2. The number of nitrogens with two attached hydrogens (primary N) is 1. The van der Waals surface area contributed by atoms with Crippen molar-refractivity contribution in [1.29, 1.82) is 0 Å². The second-order valence-corrected chi connectivity index (χ2v) is 6.67. The van der Waals surface area contributed by atoms with Gasteiger partial charge in [-0.3, -0.25) is 14.3 Å². The zero-order chi connectivity index (χ0) is 18.0. The Morgan fingerprint density at radius 2 is 2.12 bits per heavy atom. The van der Waals surface area contributed by atoms with Crippen molar-refractivity contribution in [3.63, 3.8) is 0 Å². The van der Waals surface area contributed by atoms with Gasteiger partial charge in [-0.1, -0.05) is 0 Å². The monoisotopic (exact) mass is 414 g/mol. The minimum absolute atomic E-state index is 0.121. The maximum Gasteiger partial charge on any atom is 0.341 e. The molecule has 0 fully saturated rings. The van der Waals surface area contributed by atoms with Crippen molar-refractivity contribution in [2.45, 2.75) is 13.8 Å². The van der Waals surface area contributed by atoms with Crippen LogP contribution in [0.5, 0.6) is 0 Å². The van der Waals surface area contributed by atoms with Crippen molar-refractivity contribution in [3.8, 4) is 0 Å². The molecule has 0 spiro atoms. The summed E-state index contributed by atoms with van der Waals surface area (Å²) in [5.74, 6) is -1.83. The van der Waals surface area contributed by atoms with E-state index in [1.807, 2.05) is 0 Å². The van der Waals surface area contributed by atoms with E-state index < -0.39 is 17.8 Å². The highest BCUT2D eigenvalue weighted by molar-refractivity contribution is 9.10. The van der Waals surface area contributed by atoms with Crippen LogP contribution in [-0.4, -0.2) is 34.2 Å². The Balaban J connectivity index is 2.43. The van der Waals surface area contributed by atoms with E-state index in [1.54, 1.807) is 27.1 Å². The van der Waals surface area contributed by atoms with Gasteiger partial charge in [-0.05, 0) is 35.3 Å². The first kappa shape index (κ1) is 18.1. The van der Waals surface area contributed by atoms with Gasteiger partial charge < -0.3 is 15.8 Å². The molecule has 0 aromatic carbocycles. The summed E-state index contributed by atoms with van der Waals surface area (Å²) in [5.41, 5.74) is 5.97. The largest absolute Gasteiger partial charge is 0.462 e. The smallest absolute Gasteiger partial charge is 0.341 e. The predicted octanol–water partition coefficient (Wildman–Crippen LogP) is 2.08. The summed E-state index contributed by atoms with van der Waals surface area (Å²) in [6.45, 7) is 3.41. The molecule has 0 radical (unpaired) electrons. The van der Waals surface area contributed by atoms with Crippen LogP contribution in [0.4, 0.5) is 5.00 Å². The number of carbonyl (C=O) groups is 3. The number of carbonyl (C=O) groups excluding carboxylic acids is 3. The summed E-state index contributed by atoms with van der Waals surface area (Å²) >= 11 is 4.17. The van der Waals surface area contributed by atoms with Gasteiger partial charge in [0.05, 0.1) is 21.5 Å². The maximum atomic E-state index is 12.4. The van der Waals surface area contributed by atoms with Gasteiger partial charge in [0.2, 0.25) is 0 Å². The molecule has 2 heterocycles. The number of hydrogen-bond acceptors (Lipinski definition) is 6. The molecule has 0 aliphatic heterocycles. The van der Waals surface area contributed by atoms with E-state index in [0.717, 1.165) is 11.3 Å². The molecular formula is C14H15BrN4O4S. The Morgan fingerprint density at radius 3 is 2.62 bits per heavy atom. The van der Waals surface area contributed by atoms with Gasteiger partial charge in [0.15, 0.2) is 5.69 Å². The molecule has 10 heteroatoms. The number of halogens is 1. The van der Waals surface area contributed by atoms with Gasteiger partial charge >= 0.3 is 5.97 Å². The zero-order valence-corrected chi connectivity index (χ0v) is 15.6. The Bertz CT molecular complexity index is 827. The Morgan fingerprint density at radius 1 is 1.46 bits per heavy atom. The van der Waals surface area contributed by atoms with Crippen LogP contribution in [0.2, 0.25) is 0 Å². The Hall–Kier alpha value is -2.20. The number of aromatic nitrogens is 2. The summed E-state index contributed by atoms with van der Waals surface area (Å²) < 4.78 is 6.97. The molecule has 2 aromatic heterocycles. The number of thiophene rings is 1. The molecule has 0 bridgehead atoms. The first-order valence-electron chi connectivity index (χ1n) is 6.87. The van der Waals surface area contributed by atoms with Crippen molar-refractivity contribution < 1.29 is 19.1 Å². The van der Waals surface area contributed by atoms with Crippen molar-refractivity contribution in [2.24, 2.45) is 12.8 Å². The van der Waals surface area contributed by atoms with E-state index >= 15 is 0 Å². The number of aryl methyl sites for hydroxylation is 1. The Labute approximate surface area is 150 Å². The molecule has 2 rings (SSSR count). The summed E-state index contributed by atoms with van der Waals surface area (Å²) in [7, 11) is 1.67. The summed E-state index contributed by atoms with van der Waals surface area (Å²) in [4.78, 5) is 36.3. The first-order chi connectivity index (χ1) is 11.3. The lowest BCUT2D eigenvalue weighted by Gasteiger charge is -2.06. The fourth-order valence-electron chi connectivity index (χ4n) is 2.06. The van der Waals surface area contributed by atoms with Crippen LogP contribution >= 0.6 is 27.3 Å². The minimum Gasteiger partial charge on any atom is -0.462 e. The molecule has 24 heavy (non-hydrogen) atoms. The van der Waals surface area contributed by atoms with Crippen molar-refractivity contribution in [2.75, 3.05) is 11.9 Å². The lowest BCUT2D eigenvalue weighted by molar-refractivity contribution is 0.0527. The third-order valence-electron chi connectivity index (χ3n) is 3.08. The van der Waals surface area contributed by atoms with Crippen LogP contribution in [-0.2, 0) is 11.8 Å². The summed E-state index contributed by atoms with van der Waals surface area (Å²) in [6.07, 6.45) is 1.62. The number of amides is 2. The topological polar surface area (TPSA) is 116 Å². The molecule has 3 N–H and O–H groups in total. The molecule has 2 amide bonds. The van der Waals surface area contributed by atoms with E-state index in [9.17, 15) is 14.4 Å². The number of esters is 1. The van der Waals surface area contributed by atoms with Crippen LogP contribution in [0.25, 0.3) is 0 Å². The van der Waals surface area contributed by atoms with Crippen molar-refractivity contribution >= 4 is 50.1 Å². The first-order valence-corrected chi connectivity index (χ1v) is 8.48. The molecule has 0 saturated heterocycles. The Kier molecular flexibility index (Phi) is 5.40. The minimum atomic E-state index is -0.678. The second kappa shape index (κ2) is 7.14. The van der Waals surface area contributed by atoms with Gasteiger partial charge in [-0.15, -0.1) is 11.3 Å². The van der Waals surface area contributed by atoms with E-state index in [1.165, 1.54) is 4.68 Å². The standard InChI is InChI=1S/C14H15BrN4O4S/c1-4-23-14(22)8-6(2)10(11(16)20)24-13(8)17-12(21)9-7(15)5-19(3)18-9/h5H,4H2,1-3H3,(H2,16,20)(H,17,21). The number of hydrogen-bond donors (Lipinski definition) is 2. The molecule has 0 aliphatic rings. The van der Waals surface area contributed by atoms with Gasteiger partial charge in [-0.2, -0.15) is 5.10 Å². The SMILES string of the molecule is CCOC(=O)c1c(NC(=O)c2nn(C)cc2Br)sc(C(N)=O)c1C. The molecule has 0 aliphatic carbocycles. The van der Waals surface area contributed by atoms with Crippen LogP contribution < -0.4 is 11.1 Å². The number of ether oxygens (including phenoxy) is 1. The molecule has 8 nitrogen and oxygen atoms in total. The molecule has 128 valence electrons. The molecule has 0 saturated carbocycles. The average molecular weight is 415 g/mol. The van der Waals surface area contributed by atoms with Crippen LogP contribution in [0, 0.1) is 6.92 Å². The molecular weight excluding hydrogens is 400 g/mol. The van der Waals surface area contributed by atoms with Gasteiger partial charge in [0.1, 0.15) is 5.00 Å².